The summed E-state index contributed by atoms with van der Waals surface area (Å²) in [6.45, 7) is 9.26. The summed E-state index contributed by atoms with van der Waals surface area (Å²) in [6, 6.07) is 1.86. The molecule has 0 fully saturated rings. The van der Waals surface area contributed by atoms with Crippen LogP contribution in [-0.4, -0.2) is 55.5 Å². The second-order valence-corrected chi connectivity index (χ2v) is 5.05. The predicted molar refractivity (Wildman–Crippen MR) is 85.7 cm³/mol. The molecule has 0 radical (unpaired) electrons. The molecule has 1 aromatic heterocycles. The molecule has 116 valence electrons. The first-order chi connectivity index (χ1) is 10.3. The van der Waals surface area contributed by atoms with E-state index in [4.69, 9.17) is 4.74 Å². The van der Waals surface area contributed by atoms with Crippen molar-refractivity contribution in [2.45, 2.75) is 26.7 Å². The first kappa shape index (κ1) is 15.7. The first-order valence-corrected chi connectivity index (χ1v) is 7.81. The van der Waals surface area contributed by atoms with E-state index in [0.717, 1.165) is 57.2 Å². The number of nitrogens with zero attached hydrogens (tertiary/aromatic N) is 4. The standard InChI is InChI=1S/C15H25N5O/c1-3-8-20(9-4-2)15-18-13-11-14(19-15)21-10-7-16-5-6-17-12-13/h11-12,16H,3-10H2,1-2H3. The third-order valence-corrected chi connectivity index (χ3v) is 3.15. The van der Waals surface area contributed by atoms with Crippen LogP contribution in [0.2, 0.25) is 0 Å². The average Bonchev–Trinajstić information content (AvgIpc) is 2.52. The molecule has 0 spiro atoms. The Morgan fingerprint density at radius 3 is 2.76 bits per heavy atom. The maximum Gasteiger partial charge on any atom is 0.229 e. The number of hydrogen-bond donors (Lipinski definition) is 1. The van der Waals surface area contributed by atoms with Crippen molar-refractivity contribution in [2.75, 3.05) is 44.2 Å². The number of ether oxygens (including phenoxy) is 1. The molecular formula is C15H25N5O. The van der Waals surface area contributed by atoms with Crippen LogP contribution in [0.25, 0.3) is 0 Å². The molecule has 1 aromatic rings. The van der Waals surface area contributed by atoms with Crippen LogP contribution in [0.3, 0.4) is 0 Å². The molecule has 2 heterocycles. The van der Waals surface area contributed by atoms with E-state index < -0.39 is 0 Å². The van der Waals surface area contributed by atoms with Gasteiger partial charge < -0.3 is 15.0 Å². The molecule has 0 atom stereocenters. The number of aromatic nitrogens is 2. The maximum atomic E-state index is 5.72. The topological polar surface area (TPSA) is 62.6 Å². The van der Waals surface area contributed by atoms with E-state index in [2.05, 4.69) is 39.0 Å². The Hall–Kier alpha value is -1.69. The molecule has 0 amide bonds. The summed E-state index contributed by atoms with van der Waals surface area (Å²) < 4.78 is 5.72. The van der Waals surface area contributed by atoms with Gasteiger partial charge in [0, 0.05) is 38.5 Å². The summed E-state index contributed by atoms with van der Waals surface area (Å²) in [5, 5.41) is 3.27. The van der Waals surface area contributed by atoms with Crippen LogP contribution in [0.4, 0.5) is 5.95 Å². The van der Waals surface area contributed by atoms with Crippen molar-refractivity contribution in [1.29, 1.82) is 0 Å². The molecule has 0 saturated heterocycles. The second-order valence-electron chi connectivity index (χ2n) is 5.05. The van der Waals surface area contributed by atoms with E-state index in [1.54, 1.807) is 6.21 Å². The van der Waals surface area contributed by atoms with Crippen LogP contribution in [0, 0.1) is 0 Å². The number of fused-ring (bicyclic) bond motifs is 2. The lowest BCUT2D eigenvalue weighted by Crippen LogP contribution is -2.27. The van der Waals surface area contributed by atoms with E-state index in [-0.39, 0.29) is 0 Å². The predicted octanol–water partition coefficient (Wildman–Crippen LogP) is 1.50. The van der Waals surface area contributed by atoms with Crippen LogP contribution >= 0.6 is 0 Å². The van der Waals surface area contributed by atoms with Crippen molar-refractivity contribution in [1.82, 2.24) is 15.3 Å². The van der Waals surface area contributed by atoms with Crippen molar-refractivity contribution in [3.8, 4) is 5.88 Å². The third-order valence-electron chi connectivity index (χ3n) is 3.15. The minimum absolute atomic E-state index is 0.609. The lowest BCUT2D eigenvalue weighted by atomic mass is 10.3. The Bertz CT molecular complexity index is 457. The molecule has 0 aromatic carbocycles. The molecule has 0 aliphatic carbocycles. The van der Waals surface area contributed by atoms with Gasteiger partial charge in [0.1, 0.15) is 6.61 Å². The summed E-state index contributed by atoms with van der Waals surface area (Å²) in [7, 11) is 0. The van der Waals surface area contributed by atoms with Gasteiger partial charge in [0.25, 0.3) is 0 Å². The summed E-state index contributed by atoms with van der Waals surface area (Å²) in [6.07, 6.45) is 3.95. The normalized spacial score (nSPS) is 15.1. The summed E-state index contributed by atoms with van der Waals surface area (Å²) in [5.74, 6) is 1.37. The van der Waals surface area contributed by atoms with E-state index in [0.29, 0.717) is 12.5 Å². The second kappa shape index (κ2) is 8.56. The Labute approximate surface area is 126 Å². The van der Waals surface area contributed by atoms with Crippen LogP contribution in [0.15, 0.2) is 11.1 Å². The van der Waals surface area contributed by atoms with Gasteiger partial charge in [0.2, 0.25) is 11.8 Å². The minimum Gasteiger partial charge on any atom is -0.476 e. The quantitative estimate of drug-likeness (QED) is 0.891. The highest BCUT2D eigenvalue weighted by Gasteiger charge is 2.11. The highest BCUT2D eigenvalue weighted by atomic mass is 16.5. The van der Waals surface area contributed by atoms with E-state index in [1.807, 2.05) is 6.07 Å². The number of aliphatic imine (C=N–C) groups is 1. The Kier molecular flexibility index (Phi) is 6.40. The zero-order chi connectivity index (χ0) is 14.9. The highest BCUT2D eigenvalue weighted by Crippen LogP contribution is 2.16. The molecule has 6 heteroatoms. The summed E-state index contributed by atoms with van der Waals surface area (Å²) in [5.41, 5.74) is 0.814. The largest absolute Gasteiger partial charge is 0.476 e. The minimum atomic E-state index is 0.609. The van der Waals surface area contributed by atoms with E-state index in [9.17, 15) is 0 Å². The fraction of sp³-hybridized carbons (Fsp3) is 0.667. The molecule has 2 bridgehead atoms. The molecule has 0 unspecified atom stereocenters. The number of rotatable bonds is 5. The fourth-order valence-electron chi connectivity index (χ4n) is 2.22. The molecular weight excluding hydrogens is 266 g/mol. The Morgan fingerprint density at radius 2 is 2.00 bits per heavy atom. The SMILES string of the molecule is CCCN(CCC)c1nc2cc(n1)OCCNCCN=C2. The van der Waals surface area contributed by atoms with Gasteiger partial charge in [-0.05, 0) is 12.8 Å². The molecule has 1 N–H and O–H groups in total. The zero-order valence-corrected chi connectivity index (χ0v) is 13.0. The van der Waals surface area contributed by atoms with Crippen molar-refractivity contribution in [3.63, 3.8) is 0 Å². The highest BCUT2D eigenvalue weighted by molar-refractivity contribution is 5.78. The number of nitrogens with one attached hydrogen (secondary N) is 1. The monoisotopic (exact) mass is 291 g/mol. The average molecular weight is 291 g/mol. The van der Waals surface area contributed by atoms with Gasteiger partial charge in [-0.25, -0.2) is 4.98 Å². The number of anilines is 1. The number of hydrogen-bond acceptors (Lipinski definition) is 6. The van der Waals surface area contributed by atoms with E-state index in [1.165, 1.54) is 0 Å². The van der Waals surface area contributed by atoms with Crippen LogP contribution in [0.1, 0.15) is 32.4 Å². The maximum absolute atomic E-state index is 5.72. The zero-order valence-electron chi connectivity index (χ0n) is 13.0. The molecule has 6 nitrogen and oxygen atoms in total. The lowest BCUT2D eigenvalue weighted by Gasteiger charge is -2.22. The van der Waals surface area contributed by atoms with Crippen molar-refractivity contribution in [3.05, 3.63) is 11.8 Å². The van der Waals surface area contributed by atoms with Crippen LogP contribution in [-0.2, 0) is 0 Å². The Morgan fingerprint density at radius 1 is 1.19 bits per heavy atom. The van der Waals surface area contributed by atoms with Gasteiger partial charge in [-0.2, -0.15) is 4.98 Å². The van der Waals surface area contributed by atoms with Crippen molar-refractivity contribution < 1.29 is 4.74 Å². The van der Waals surface area contributed by atoms with Gasteiger partial charge in [-0.15, -0.1) is 0 Å². The van der Waals surface area contributed by atoms with Crippen LogP contribution < -0.4 is 15.0 Å². The van der Waals surface area contributed by atoms with Gasteiger partial charge in [-0.1, -0.05) is 13.8 Å². The van der Waals surface area contributed by atoms with Gasteiger partial charge in [0.15, 0.2) is 0 Å². The van der Waals surface area contributed by atoms with E-state index >= 15 is 0 Å². The molecule has 2 rings (SSSR count). The van der Waals surface area contributed by atoms with Gasteiger partial charge >= 0.3 is 0 Å². The van der Waals surface area contributed by atoms with Crippen LogP contribution in [0.5, 0.6) is 5.88 Å². The molecule has 0 saturated carbocycles. The molecule has 1 aliphatic rings. The first-order valence-electron chi connectivity index (χ1n) is 7.81. The van der Waals surface area contributed by atoms with Crippen molar-refractivity contribution >= 4 is 12.2 Å². The smallest absolute Gasteiger partial charge is 0.229 e. The van der Waals surface area contributed by atoms with Gasteiger partial charge in [0.05, 0.1) is 12.2 Å². The molecule has 21 heavy (non-hydrogen) atoms. The lowest BCUT2D eigenvalue weighted by molar-refractivity contribution is 0.303. The Balaban J connectivity index is 2.27. The molecule has 1 aliphatic heterocycles. The third kappa shape index (κ3) is 4.97. The summed E-state index contributed by atoms with van der Waals surface area (Å²) in [4.78, 5) is 15.8. The van der Waals surface area contributed by atoms with Crippen molar-refractivity contribution in [2.24, 2.45) is 4.99 Å². The fourth-order valence-corrected chi connectivity index (χ4v) is 2.22. The van der Waals surface area contributed by atoms with Gasteiger partial charge in [-0.3, -0.25) is 4.99 Å². The summed E-state index contributed by atoms with van der Waals surface area (Å²) >= 11 is 0.